The molecule has 100 valence electrons. The highest BCUT2D eigenvalue weighted by molar-refractivity contribution is 8.00. The van der Waals surface area contributed by atoms with Crippen molar-refractivity contribution in [1.82, 2.24) is 5.32 Å². The molecule has 0 aromatic heterocycles. The molecule has 0 radical (unpaired) electrons. The Morgan fingerprint density at radius 3 is 2.61 bits per heavy atom. The molecule has 0 spiro atoms. The van der Waals surface area contributed by atoms with Crippen molar-refractivity contribution in [3.63, 3.8) is 0 Å². The Kier molecular flexibility index (Phi) is 6.78. The summed E-state index contributed by atoms with van der Waals surface area (Å²) in [6.45, 7) is 1.80. The van der Waals surface area contributed by atoms with E-state index in [2.05, 4.69) is 5.32 Å². The molecule has 4 nitrogen and oxygen atoms in total. The van der Waals surface area contributed by atoms with Crippen molar-refractivity contribution in [3.8, 4) is 0 Å². The number of benzene rings is 1. The summed E-state index contributed by atoms with van der Waals surface area (Å²) in [4.78, 5) is 12.2. The summed E-state index contributed by atoms with van der Waals surface area (Å²) in [7, 11) is 1.61. The van der Waals surface area contributed by atoms with Crippen molar-refractivity contribution in [2.24, 2.45) is 0 Å². The maximum Gasteiger partial charge on any atom is 0.217 e. The van der Waals surface area contributed by atoms with Crippen LogP contribution in [0.25, 0.3) is 0 Å². The lowest BCUT2D eigenvalue weighted by Gasteiger charge is -2.25. The van der Waals surface area contributed by atoms with Gasteiger partial charge in [0.2, 0.25) is 5.91 Å². The third kappa shape index (κ3) is 5.08. The first-order valence-electron chi connectivity index (χ1n) is 5.76. The van der Waals surface area contributed by atoms with Gasteiger partial charge in [0.15, 0.2) is 0 Å². The predicted octanol–water partition coefficient (Wildman–Crippen LogP) is 1.29. The molecule has 0 fully saturated rings. The normalized spacial score (nSPS) is 13.9. The highest BCUT2D eigenvalue weighted by Gasteiger charge is 2.22. The molecular formula is C13H19NO3S. The van der Waals surface area contributed by atoms with Crippen LogP contribution in [0.4, 0.5) is 0 Å². The lowest BCUT2D eigenvalue weighted by molar-refractivity contribution is -0.120. The summed E-state index contributed by atoms with van der Waals surface area (Å²) in [5.74, 6) is -0.149. The number of rotatable bonds is 7. The van der Waals surface area contributed by atoms with E-state index in [0.717, 1.165) is 4.90 Å². The van der Waals surface area contributed by atoms with Crippen LogP contribution in [0.3, 0.4) is 0 Å². The topological polar surface area (TPSA) is 58.6 Å². The number of amides is 1. The summed E-state index contributed by atoms with van der Waals surface area (Å²) in [5, 5.41) is 12.1. The number of nitrogens with one attached hydrogen (secondary N) is 1. The first-order valence-corrected chi connectivity index (χ1v) is 6.64. The number of aliphatic hydroxyl groups is 1. The van der Waals surface area contributed by atoms with Gasteiger partial charge in [0.25, 0.3) is 0 Å². The molecule has 2 atom stereocenters. The summed E-state index contributed by atoms with van der Waals surface area (Å²) in [5.41, 5.74) is 0. The maximum atomic E-state index is 11.1. The molecule has 0 heterocycles. The van der Waals surface area contributed by atoms with E-state index in [0.29, 0.717) is 6.61 Å². The Balaban J connectivity index is 2.70. The first kappa shape index (κ1) is 15.0. The van der Waals surface area contributed by atoms with Crippen molar-refractivity contribution in [2.75, 3.05) is 20.3 Å². The summed E-state index contributed by atoms with van der Waals surface area (Å²) in [6, 6.07) is 9.54. The van der Waals surface area contributed by atoms with Crippen LogP contribution < -0.4 is 5.32 Å². The highest BCUT2D eigenvalue weighted by atomic mass is 32.2. The number of carbonyl (C=O) groups is 1. The molecule has 0 aliphatic carbocycles. The summed E-state index contributed by atoms with van der Waals surface area (Å²) < 4.78 is 5.16. The van der Waals surface area contributed by atoms with Crippen LogP contribution in [0.5, 0.6) is 0 Å². The largest absolute Gasteiger partial charge is 0.394 e. The summed E-state index contributed by atoms with van der Waals surface area (Å²) in [6.07, 6.45) is 0. The van der Waals surface area contributed by atoms with E-state index < -0.39 is 0 Å². The van der Waals surface area contributed by atoms with Gasteiger partial charge in [-0.2, -0.15) is 0 Å². The average Bonchev–Trinajstić information content (AvgIpc) is 2.36. The second kappa shape index (κ2) is 8.13. The zero-order valence-electron chi connectivity index (χ0n) is 10.6. The minimum absolute atomic E-state index is 0.0219. The number of thioether (sulfide) groups is 1. The van der Waals surface area contributed by atoms with E-state index in [1.165, 1.54) is 6.92 Å². The molecule has 2 N–H and O–H groups in total. The highest BCUT2D eigenvalue weighted by Crippen LogP contribution is 2.25. The van der Waals surface area contributed by atoms with E-state index in [1.54, 1.807) is 18.9 Å². The Bertz CT molecular complexity index is 359. The lowest BCUT2D eigenvalue weighted by Crippen LogP contribution is -2.45. The van der Waals surface area contributed by atoms with Gasteiger partial charge >= 0.3 is 0 Å². The van der Waals surface area contributed by atoms with Gasteiger partial charge in [0.05, 0.1) is 24.5 Å². The molecule has 0 bridgehead atoms. The second-order valence-corrected chi connectivity index (χ2v) is 5.23. The number of hydrogen-bond acceptors (Lipinski definition) is 4. The number of ether oxygens (including phenoxy) is 1. The van der Waals surface area contributed by atoms with Crippen molar-refractivity contribution in [1.29, 1.82) is 0 Å². The molecule has 0 saturated carbocycles. The molecule has 1 aromatic carbocycles. The van der Waals surface area contributed by atoms with Gasteiger partial charge < -0.3 is 15.2 Å². The van der Waals surface area contributed by atoms with Gasteiger partial charge in [0.1, 0.15) is 0 Å². The third-order valence-electron chi connectivity index (χ3n) is 2.40. The molecule has 0 saturated heterocycles. The number of carbonyl (C=O) groups excluding carboxylic acids is 1. The Morgan fingerprint density at radius 2 is 2.11 bits per heavy atom. The minimum Gasteiger partial charge on any atom is -0.394 e. The quantitative estimate of drug-likeness (QED) is 0.732. The van der Waals surface area contributed by atoms with Crippen molar-refractivity contribution < 1.29 is 14.6 Å². The van der Waals surface area contributed by atoms with E-state index in [1.807, 2.05) is 30.3 Å². The Morgan fingerprint density at radius 1 is 1.44 bits per heavy atom. The van der Waals surface area contributed by atoms with E-state index in [9.17, 15) is 9.90 Å². The fourth-order valence-corrected chi connectivity index (χ4v) is 2.77. The molecule has 5 heteroatoms. The first-order chi connectivity index (χ1) is 8.67. The predicted molar refractivity (Wildman–Crippen MR) is 72.7 cm³/mol. The summed E-state index contributed by atoms with van der Waals surface area (Å²) >= 11 is 1.59. The molecule has 0 aliphatic rings. The molecule has 1 amide bonds. The second-order valence-electron chi connectivity index (χ2n) is 3.91. The van der Waals surface area contributed by atoms with Crippen LogP contribution in [0, 0.1) is 0 Å². The number of aliphatic hydroxyl groups excluding tert-OH is 1. The van der Waals surface area contributed by atoms with Crippen LogP contribution in [-0.2, 0) is 9.53 Å². The van der Waals surface area contributed by atoms with E-state index >= 15 is 0 Å². The third-order valence-corrected chi connectivity index (χ3v) is 3.71. The van der Waals surface area contributed by atoms with Crippen molar-refractivity contribution in [3.05, 3.63) is 30.3 Å². The smallest absolute Gasteiger partial charge is 0.217 e. The van der Waals surface area contributed by atoms with Gasteiger partial charge in [-0.15, -0.1) is 11.8 Å². The van der Waals surface area contributed by atoms with Crippen molar-refractivity contribution in [2.45, 2.75) is 23.1 Å². The van der Waals surface area contributed by atoms with Crippen LogP contribution in [0.15, 0.2) is 35.2 Å². The molecule has 0 unspecified atom stereocenters. The number of hydrogen-bond donors (Lipinski definition) is 2. The van der Waals surface area contributed by atoms with Crippen molar-refractivity contribution >= 4 is 17.7 Å². The minimum atomic E-state index is -0.312. The Labute approximate surface area is 112 Å². The lowest BCUT2D eigenvalue weighted by atomic mass is 10.2. The maximum absolute atomic E-state index is 11.1. The average molecular weight is 269 g/mol. The zero-order valence-corrected chi connectivity index (χ0v) is 11.4. The van der Waals surface area contributed by atoms with E-state index in [4.69, 9.17) is 4.74 Å². The van der Waals surface area contributed by atoms with E-state index in [-0.39, 0.29) is 23.8 Å². The van der Waals surface area contributed by atoms with Gasteiger partial charge in [-0.3, -0.25) is 4.79 Å². The van der Waals surface area contributed by atoms with Gasteiger partial charge in [-0.1, -0.05) is 18.2 Å². The molecule has 1 aromatic rings. The molecule has 18 heavy (non-hydrogen) atoms. The van der Waals surface area contributed by atoms with Crippen LogP contribution in [0.1, 0.15) is 6.92 Å². The fraction of sp³-hybridized carbons (Fsp3) is 0.462. The number of methoxy groups -OCH3 is 1. The standard InChI is InChI=1S/C13H19NO3S/c1-10(16)14-12(8-15)13(9-17-2)18-11-6-4-3-5-7-11/h3-7,12-13,15H,8-9H2,1-2H3,(H,14,16)/t12-,13-/m1/s1. The Hall–Kier alpha value is -1.04. The van der Waals surface area contributed by atoms with Crippen LogP contribution in [-0.4, -0.2) is 42.6 Å². The van der Waals surface area contributed by atoms with Crippen LogP contribution in [0.2, 0.25) is 0 Å². The zero-order chi connectivity index (χ0) is 13.4. The SMILES string of the molecule is COC[C@@H](Sc1ccccc1)[C@@H](CO)NC(C)=O. The van der Waals surface area contributed by atoms with Gasteiger partial charge in [-0.25, -0.2) is 0 Å². The van der Waals surface area contributed by atoms with Gasteiger partial charge in [0, 0.05) is 18.9 Å². The fourth-order valence-electron chi connectivity index (χ4n) is 1.59. The van der Waals surface area contributed by atoms with Crippen LogP contribution >= 0.6 is 11.8 Å². The monoisotopic (exact) mass is 269 g/mol. The molecule has 0 aliphatic heterocycles. The van der Waals surface area contributed by atoms with Gasteiger partial charge in [-0.05, 0) is 12.1 Å². The molecule has 1 rings (SSSR count). The molecular weight excluding hydrogens is 250 g/mol.